The summed E-state index contributed by atoms with van der Waals surface area (Å²) >= 11 is 0. The van der Waals surface area contributed by atoms with Gasteiger partial charge in [0.25, 0.3) is 0 Å². The van der Waals surface area contributed by atoms with Gasteiger partial charge in [-0.3, -0.25) is 0 Å². The third-order valence-corrected chi connectivity index (χ3v) is 2.78. The summed E-state index contributed by atoms with van der Waals surface area (Å²) in [6, 6.07) is 11.3. The molecule has 0 aliphatic heterocycles. The Morgan fingerprint density at radius 2 is 1.60 bits per heavy atom. The zero-order valence-electron chi connectivity index (χ0n) is 10.7. The Hall–Kier alpha value is -2.01. The van der Waals surface area contributed by atoms with E-state index in [-0.39, 0.29) is 11.5 Å². The average Bonchev–Trinajstić information content (AvgIpc) is 2.38. The van der Waals surface area contributed by atoms with Crippen LogP contribution >= 0.6 is 0 Å². The normalized spacial score (nSPS) is 13.1. The Kier molecular flexibility index (Phi) is 3.99. The summed E-state index contributed by atoms with van der Waals surface area (Å²) in [6.07, 6.45) is -5.10. The van der Waals surface area contributed by atoms with Crippen LogP contribution in [0.15, 0.2) is 48.5 Å². The van der Waals surface area contributed by atoms with Gasteiger partial charge in [0.15, 0.2) is 0 Å². The number of ether oxygens (including phenoxy) is 1. The molecule has 2 aromatic rings. The molecule has 0 heterocycles. The van der Waals surface area contributed by atoms with E-state index in [4.69, 9.17) is 4.74 Å². The lowest BCUT2D eigenvalue weighted by atomic mass is 10.1. The predicted octanol–water partition coefficient (Wildman–Crippen LogP) is 4.55. The van der Waals surface area contributed by atoms with Gasteiger partial charge in [0.1, 0.15) is 11.5 Å². The molecule has 106 valence electrons. The standard InChI is InChI=1S/C15H13F3O2/c1-10(19)11-6-8-12(9-7-11)20-14-5-3-2-4-13(14)15(16,17)18/h2-10,19H,1H3/t10-/m0/s1. The van der Waals surface area contributed by atoms with E-state index in [1.54, 1.807) is 19.1 Å². The van der Waals surface area contributed by atoms with Gasteiger partial charge in [0, 0.05) is 0 Å². The van der Waals surface area contributed by atoms with Crippen molar-refractivity contribution in [3.05, 3.63) is 59.7 Å². The van der Waals surface area contributed by atoms with Crippen LogP contribution in [0.3, 0.4) is 0 Å². The maximum Gasteiger partial charge on any atom is 0.419 e. The number of halogens is 3. The fraction of sp³-hybridized carbons (Fsp3) is 0.200. The van der Waals surface area contributed by atoms with E-state index in [2.05, 4.69) is 0 Å². The van der Waals surface area contributed by atoms with Crippen molar-refractivity contribution in [3.8, 4) is 11.5 Å². The third kappa shape index (κ3) is 3.30. The highest BCUT2D eigenvalue weighted by atomic mass is 19.4. The molecule has 0 unspecified atom stereocenters. The second-order valence-corrected chi connectivity index (χ2v) is 4.34. The van der Waals surface area contributed by atoms with E-state index < -0.39 is 17.8 Å². The molecule has 5 heteroatoms. The molecule has 2 rings (SSSR count). The van der Waals surface area contributed by atoms with Crippen molar-refractivity contribution in [3.63, 3.8) is 0 Å². The van der Waals surface area contributed by atoms with E-state index in [9.17, 15) is 18.3 Å². The monoisotopic (exact) mass is 282 g/mol. The molecule has 20 heavy (non-hydrogen) atoms. The van der Waals surface area contributed by atoms with Gasteiger partial charge in [-0.25, -0.2) is 0 Å². The van der Waals surface area contributed by atoms with Crippen LogP contribution in [0, 0.1) is 0 Å². The van der Waals surface area contributed by atoms with Crippen LogP contribution in [0.5, 0.6) is 11.5 Å². The fourth-order valence-electron chi connectivity index (χ4n) is 1.73. The third-order valence-electron chi connectivity index (χ3n) is 2.78. The van der Waals surface area contributed by atoms with Crippen LogP contribution in [0.2, 0.25) is 0 Å². The first kappa shape index (κ1) is 14.4. The van der Waals surface area contributed by atoms with Gasteiger partial charge in [-0.15, -0.1) is 0 Å². The molecular formula is C15H13F3O2. The van der Waals surface area contributed by atoms with Crippen molar-refractivity contribution in [1.82, 2.24) is 0 Å². The average molecular weight is 282 g/mol. The van der Waals surface area contributed by atoms with Crippen molar-refractivity contribution in [1.29, 1.82) is 0 Å². The van der Waals surface area contributed by atoms with Crippen molar-refractivity contribution in [2.24, 2.45) is 0 Å². The molecule has 2 nitrogen and oxygen atoms in total. The van der Waals surface area contributed by atoms with Gasteiger partial charge in [-0.2, -0.15) is 13.2 Å². The minimum Gasteiger partial charge on any atom is -0.457 e. The smallest absolute Gasteiger partial charge is 0.419 e. The van der Waals surface area contributed by atoms with Crippen LogP contribution in [0.4, 0.5) is 13.2 Å². The Morgan fingerprint density at radius 1 is 1.00 bits per heavy atom. The number of rotatable bonds is 3. The minimum absolute atomic E-state index is 0.246. The number of hydrogen-bond acceptors (Lipinski definition) is 2. The highest BCUT2D eigenvalue weighted by Gasteiger charge is 2.34. The van der Waals surface area contributed by atoms with E-state index >= 15 is 0 Å². The Morgan fingerprint density at radius 3 is 2.15 bits per heavy atom. The molecule has 0 saturated heterocycles. The first-order valence-corrected chi connectivity index (χ1v) is 6.00. The zero-order chi connectivity index (χ0) is 14.8. The van der Waals surface area contributed by atoms with Crippen LogP contribution in [-0.4, -0.2) is 5.11 Å². The van der Waals surface area contributed by atoms with Gasteiger partial charge in [0.05, 0.1) is 11.7 Å². The van der Waals surface area contributed by atoms with E-state index in [0.29, 0.717) is 5.56 Å². The predicted molar refractivity (Wildman–Crippen MR) is 68.6 cm³/mol. The largest absolute Gasteiger partial charge is 0.457 e. The van der Waals surface area contributed by atoms with Gasteiger partial charge in [-0.05, 0) is 36.8 Å². The maximum atomic E-state index is 12.8. The van der Waals surface area contributed by atoms with Crippen LogP contribution in [-0.2, 0) is 6.18 Å². The molecule has 0 aliphatic rings. The van der Waals surface area contributed by atoms with Crippen LogP contribution in [0.1, 0.15) is 24.2 Å². The van der Waals surface area contributed by atoms with Crippen LogP contribution < -0.4 is 4.74 Å². The fourth-order valence-corrected chi connectivity index (χ4v) is 1.73. The lowest BCUT2D eigenvalue weighted by molar-refractivity contribution is -0.138. The first-order chi connectivity index (χ1) is 9.38. The van der Waals surface area contributed by atoms with Crippen molar-refractivity contribution in [2.45, 2.75) is 19.2 Å². The van der Waals surface area contributed by atoms with E-state index in [1.807, 2.05) is 0 Å². The Balaban J connectivity index is 2.26. The van der Waals surface area contributed by atoms with E-state index in [1.165, 1.54) is 30.3 Å². The summed E-state index contributed by atoms with van der Waals surface area (Å²) < 4.78 is 43.7. The number of benzene rings is 2. The molecule has 0 saturated carbocycles. The highest BCUT2D eigenvalue weighted by Crippen LogP contribution is 2.37. The summed E-state index contributed by atoms with van der Waals surface area (Å²) in [5, 5.41) is 9.37. The summed E-state index contributed by atoms with van der Waals surface area (Å²) in [6.45, 7) is 1.61. The molecule has 0 spiro atoms. The summed E-state index contributed by atoms with van der Waals surface area (Å²) in [5.74, 6) is 0.0379. The lowest BCUT2D eigenvalue weighted by Gasteiger charge is -2.13. The topological polar surface area (TPSA) is 29.5 Å². The second-order valence-electron chi connectivity index (χ2n) is 4.34. The Labute approximate surface area is 114 Å². The minimum atomic E-state index is -4.46. The lowest BCUT2D eigenvalue weighted by Crippen LogP contribution is -2.06. The number of hydrogen-bond donors (Lipinski definition) is 1. The Bertz CT molecular complexity index is 574. The van der Waals surface area contributed by atoms with Gasteiger partial charge in [-0.1, -0.05) is 24.3 Å². The quantitative estimate of drug-likeness (QED) is 0.894. The molecule has 2 aromatic carbocycles. The van der Waals surface area contributed by atoms with Gasteiger partial charge in [0.2, 0.25) is 0 Å². The second kappa shape index (κ2) is 5.54. The molecule has 1 atom stereocenters. The SMILES string of the molecule is C[C@H](O)c1ccc(Oc2ccccc2C(F)(F)F)cc1. The number of para-hydroxylation sites is 1. The molecule has 1 N–H and O–H groups in total. The van der Waals surface area contributed by atoms with Crippen LogP contribution in [0.25, 0.3) is 0 Å². The number of alkyl halides is 3. The van der Waals surface area contributed by atoms with Gasteiger partial charge < -0.3 is 9.84 Å². The molecule has 0 amide bonds. The zero-order valence-corrected chi connectivity index (χ0v) is 10.7. The summed E-state index contributed by atoms with van der Waals surface area (Å²) in [7, 11) is 0. The molecule has 0 fully saturated rings. The molecule has 0 aliphatic carbocycles. The number of aliphatic hydroxyl groups excluding tert-OH is 1. The maximum absolute atomic E-state index is 12.8. The van der Waals surface area contributed by atoms with Crippen molar-refractivity contribution < 1.29 is 23.0 Å². The summed E-state index contributed by atoms with van der Waals surface area (Å²) in [4.78, 5) is 0. The molecule has 0 aromatic heterocycles. The molecular weight excluding hydrogens is 269 g/mol. The van der Waals surface area contributed by atoms with Gasteiger partial charge >= 0.3 is 6.18 Å². The highest BCUT2D eigenvalue weighted by molar-refractivity contribution is 5.40. The summed E-state index contributed by atoms with van der Waals surface area (Å²) in [5.41, 5.74) is -0.152. The van der Waals surface area contributed by atoms with Crippen molar-refractivity contribution in [2.75, 3.05) is 0 Å². The first-order valence-electron chi connectivity index (χ1n) is 6.00. The number of aliphatic hydroxyl groups is 1. The van der Waals surface area contributed by atoms with Crippen molar-refractivity contribution >= 4 is 0 Å². The molecule has 0 radical (unpaired) electrons. The molecule has 0 bridgehead atoms. The van der Waals surface area contributed by atoms with E-state index in [0.717, 1.165) is 6.07 Å².